The first-order valence-corrected chi connectivity index (χ1v) is 8.07. The molecule has 0 spiro atoms. The predicted octanol–water partition coefficient (Wildman–Crippen LogP) is 3.69. The van der Waals surface area contributed by atoms with Crippen LogP contribution in [0.3, 0.4) is 0 Å². The molecule has 2 aromatic carbocycles. The number of rotatable bonds is 7. The van der Waals surface area contributed by atoms with E-state index in [2.05, 4.69) is 5.32 Å². The number of amides is 2. The van der Waals surface area contributed by atoms with Gasteiger partial charge in [0.2, 0.25) is 5.69 Å². The van der Waals surface area contributed by atoms with Gasteiger partial charge in [-0.25, -0.2) is 4.79 Å². The van der Waals surface area contributed by atoms with Crippen LogP contribution in [0.5, 0.6) is 11.5 Å². The van der Waals surface area contributed by atoms with Crippen molar-refractivity contribution in [2.75, 3.05) is 25.0 Å². The fraction of sp³-hybridized carbons (Fsp3) is 0.188. The first-order chi connectivity index (χ1) is 14.5. The number of anilines is 2. The smallest absolute Gasteiger partial charge is 0.416 e. The Kier molecular flexibility index (Phi) is 6.69. The monoisotopic (exact) mass is 445 g/mol. The maximum absolute atomic E-state index is 12.9. The summed E-state index contributed by atoms with van der Waals surface area (Å²) >= 11 is 0. The zero-order valence-electron chi connectivity index (χ0n) is 15.8. The van der Waals surface area contributed by atoms with Gasteiger partial charge < -0.3 is 14.8 Å². The standard InChI is InChI=1S/C16H14F3N5O7/c1-30-9-3-4-13(31-2)10(7-9)20-15(25)22-21-14-11(23(26)27)5-8(16(17,18)19)6-12(14)24(28)29/h3-7,21H,1-2H3,(H2,20,22,25). The van der Waals surface area contributed by atoms with Gasteiger partial charge in [-0.15, -0.1) is 0 Å². The number of nitrogens with zero attached hydrogens (tertiary/aromatic N) is 2. The summed E-state index contributed by atoms with van der Waals surface area (Å²) in [6.07, 6.45) is -5.07. The Labute approximate surface area is 171 Å². The van der Waals surface area contributed by atoms with E-state index in [1.807, 2.05) is 10.9 Å². The lowest BCUT2D eigenvalue weighted by Crippen LogP contribution is -2.34. The zero-order valence-corrected chi connectivity index (χ0v) is 15.8. The van der Waals surface area contributed by atoms with Crippen LogP contribution in [0.1, 0.15) is 5.56 Å². The number of carbonyl (C=O) groups is 1. The maximum atomic E-state index is 12.9. The lowest BCUT2D eigenvalue weighted by atomic mass is 10.1. The lowest BCUT2D eigenvalue weighted by molar-refractivity contribution is -0.392. The minimum Gasteiger partial charge on any atom is -0.497 e. The van der Waals surface area contributed by atoms with Crippen molar-refractivity contribution >= 4 is 28.8 Å². The van der Waals surface area contributed by atoms with Crippen LogP contribution in [-0.2, 0) is 6.18 Å². The molecule has 2 amide bonds. The Morgan fingerprint density at radius 3 is 2.03 bits per heavy atom. The molecule has 0 saturated carbocycles. The number of urea groups is 1. The van der Waals surface area contributed by atoms with Crippen LogP contribution in [0.15, 0.2) is 30.3 Å². The quantitative estimate of drug-likeness (QED) is 0.430. The molecule has 0 radical (unpaired) electrons. The van der Waals surface area contributed by atoms with Crippen LogP contribution >= 0.6 is 0 Å². The van der Waals surface area contributed by atoms with Crippen molar-refractivity contribution in [3.63, 3.8) is 0 Å². The molecule has 3 N–H and O–H groups in total. The van der Waals surface area contributed by atoms with Gasteiger partial charge in [0.05, 0.1) is 35.3 Å². The summed E-state index contributed by atoms with van der Waals surface area (Å²) < 4.78 is 48.8. The van der Waals surface area contributed by atoms with Crippen molar-refractivity contribution in [1.29, 1.82) is 0 Å². The second kappa shape index (κ2) is 9.02. The summed E-state index contributed by atoms with van der Waals surface area (Å²) in [6, 6.07) is 3.54. The molecular formula is C16H14F3N5O7. The highest BCUT2D eigenvalue weighted by Gasteiger charge is 2.37. The molecule has 0 aromatic heterocycles. The number of nitrogens with one attached hydrogen (secondary N) is 3. The highest BCUT2D eigenvalue weighted by atomic mass is 19.4. The second-order valence-corrected chi connectivity index (χ2v) is 5.67. The Bertz CT molecular complexity index is 994. The van der Waals surface area contributed by atoms with Crippen LogP contribution in [0.25, 0.3) is 0 Å². The number of halogens is 3. The molecule has 31 heavy (non-hydrogen) atoms. The van der Waals surface area contributed by atoms with Gasteiger partial charge in [-0.05, 0) is 12.1 Å². The van der Waals surface area contributed by atoms with E-state index in [9.17, 15) is 38.2 Å². The van der Waals surface area contributed by atoms with E-state index in [4.69, 9.17) is 9.47 Å². The molecule has 0 atom stereocenters. The molecule has 15 heteroatoms. The number of methoxy groups -OCH3 is 2. The van der Waals surface area contributed by atoms with Crippen LogP contribution in [-0.4, -0.2) is 30.1 Å². The molecule has 0 fully saturated rings. The molecule has 12 nitrogen and oxygen atoms in total. The topological polar surface area (TPSA) is 158 Å². The lowest BCUT2D eigenvalue weighted by Gasteiger charge is -2.14. The Morgan fingerprint density at radius 1 is 1.00 bits per heavy atom. The Morgan fingerprint density at radius 2 is 1.58 bits per heavy atom. The highest BCUT2D eigenvalue weighted by molar-refractivity contribution is 5.92. The van der Waals surface area contributed by atoms with E-state index in [0.717, 1.165) is 0 Å². The van der Waals surface area contributed by atoms with Gasteiger partial charge in [0, 0.05) is 18.2 Å². The van der Waals surface area contributed by atoms with Gasteiger partial charge in [-0.3, -0.25) is 31.1 Å². The maximum Gasteiger partial charge on any atom is 0.416 e. The molecule has 0 saturated heterocycles. The van der Waals surface area contributed by atoms with Crippen molar-refractivity contribution in [2.45, 2.75) is 6.18 Å². The summed E-state index contributed by atoms with van der Waals surface area (Å²) in [6.45, 7) is 0. The number of hydrogen-bond donors (Lipinski definition) is 3. The van der Waals surface area contributed by atoms with Gasteiger partial charge in [0.25, 0.3) is 0 Å². The first kappa shape index (κ1) is 23.0. The molecule has 0 aliphatic carbocycles. The number of ether oxygens (including phenoxy) is 2. The van der Waals surface area contributed by atoms with E-state index in [1.165, 1.54) is 32.4 Å². The van der Waals surface area contributed by atoms with Crippen molar-refractivity contribution in [3.8, 4) is 11.5 Å². The number of hydrazine groups is 1. The first-order valence-electron chi connectivity index (χ1n) is 8.07. The molecular weight excluding hydrogens is 431 g/mol. The third-order valence-corrected chi connectivity index (χ3v) is 3.77. The zero-order chi connectivity index (χ0) is 23.3. The van der Waals surface area contributed by atoms with Crippen LogP contribution in [0.4, 0.5) is 40.7 Å². The number of benzene rings is 2. The molecule has 0 unspecified atom stereocenters. The number of nitro benzene ring substituents is 2. The van der Waals surface area contributed by atoms with E-state index in [1.54, 1.807) is 0 Å². The van der Waals surface area contributed by atoms with Crippen molar-refractivity contribution in [2.24, 2.45) is 0 Å². The average Bonchev–Trinajstić information content (AvgIpc) is 2.70. The number of hydrogen-bond acceptors (Lipinski definition) is 8. The van der Waals surface area contributed by atoms with Crippen molar-refractivity contribution in [1.82, 2.24) is 5.43 Å². The van der Waals surface area contributed by atoms with Gasteiger partial charge in [0.1, 0.15) is 11.5 Å². The van der Waals surface area contributed by atoms with Gasteiger partial charge in [0.15, 0.2) is 0 Å². The minimum absolute atomic E-state index is 0.109. The molecule has 0 aliphatic heterocycles. The third kappa shape index (κ3) is 5.40. The molecule has 0 aliphatic rings. The number of nitro groups is 2. The van der Waals surface area contributed by atoms with E-state index in [0.29, 0.717) is 5.75 Å². The van der Waals surface area contributed by atoms with E-state index < -0.39 is 44.7 Å². The summed E-state index contributed by atoms with van der Waals surface area (Å²) in [7, 11) is 2.69. The summed E-state index contributed by atoms with van der Waals surface area (Å²) in [5.74, 6) is 0.556. The van der Waals surface area contributed by atoms with E-state index >= 15 is 0 Å². The van der Waals surface area contributed by atoms with Crippen LogP contribution in [0.2, 0.25) is 0 Å². The van der Waals surface area contributed by atoms with Gasteiger partial charge >= 0.3 is 23.6 Å². The molecule has 2 aromatic rings. The molecule has 2 rings (SSSR count). The van der Waals surface area contributed by atoms with Crippen molar-refractivity contribution in [3.05, 3.63) is 56.1 Å². The predicted molar refractivity (Wildman–Crippen MR) is 100 cm³/mol. The summed E-state index contributed by atoms with van der Waals surface area (Å²) in [5.41, 5.74) is -1.14. The fourth-order valence-corrected chi connectivity index (χ4v) is 2.38. The average molecular weight is 445 g/mol. The van der Waals surface area contributed by atoms with Crippen molar-refractivity contribution < 1.29 is 37.3 Å². The third-order valence-electron chi connectivity index (χ3n) is 3.77. The van der Waals surface area contributed by atoms with Gasteiger partial charge in [-0.2, -0.15) is 13.2 Å². The van der Waals surface area contributed by atoms with E-state index in [-0.39, 0.29) is 23.6 Å². The second-order valence-electron chi connectivity index (χ2n) is 5.67. The highest BCUT2D eigenvalue weighted by Crippen LogP contribution is 2.40. The van der Waals surface area contributed by atoms with Gasteiger partial charge in [-0.1, -0.05) is 0 Å². The van der Waals surface area contributed by atoms with Crippen LogP contribution in [0, 0.1) is 20.2 Å². The molecule has 0 bridgehead atoms. The fourth-order valence-electron chi connectivity index (χ4n) is 2.38. The Balaban J connectivity index is 2.33. The summed E-state index contributed by atoms with van der Waals surface area (Å²) in [5, 5.41) is 24.7. The largest absolute Gasteiger partial charge is 0.497 e. The van der Waals surface area contributed by atoms with Crippen LogP contribution < -0.4 is 25.6 Å². The summed E-state index contributed by atoms with van der Waals surface area (Å²) in [4.78, 5) is 32.0. The Hall–Kier alpha value is -4.30. The number of alkyl halides is 3. The molecule has 166 valence electrons. The normalized spacial score (nSPS) is 10.7. The minimum atomic E-state index is -5.07. The number of carbonyl (C=O) groups excluding carboxylic acids is 1. The molecule has 0 heterocycles. The SMILES string of the molecule is COc1ccc(OC)c(NC(=O)NNc2c([N+](=O)[O-])cc(C(F)(F)F)cc2[N+](=O)[O-])c1.